The molecular formula is C14H15INO4. The van der Waals surface area contributed by atoms with E-state index < -0.39 is 12.0 Å². The number of hydrogen-bond acceptors (Lipinski definition) is 4. The van der Waals surface area contributed by atoms with Gasteiger partial charge in [-0.15, -0.1) is 0 Å². The predicted octanol–water partition coefficient (Wildman–Crippen LogP) is 1.95. The highest BCUT2D eigenvalue weighted by molar-refractivity contribution is 14.1. The van der Waals surface area contributed by atoms with Crippen LogP contribution in [0.5, 0.6) is 0 Å². The molecule has 20 heavy (non-hydrogen) atoms. The number of unbranched alkanes of at least 4 members (excludes halogenated alkanes) is 1. The average molecular weight is 388 g/mol. The van der Waals surface area contributed by atoms with Crippen LogP contribution in [0.25, 0.3) is 0 Å². The van der Waals surface area contributed by atoms with Crippen molar-refractivity contribution in [3.8, 4) is 0 Å². The number of halogens is 1. The van der Waals surface area contributed by atoms with Crippen LogP contribution in [-0.4, -0.2) is 33.4 Å². The minimum Gasteiger partial charge on any atom is -0.509 e. The molecule has 2 atom stereocenters. The zero-order valence-corrected chi connectivity index (χ0v) is 13.2. The number of carbonyl (C=O) groups excluding carboxylic acids is 2. The quantitative estimate of drug-likeness (QED) is 0.346. The van der Waals surface area contributed by atoms with Gasteiger partial charge in [-0.1, -0.05) is 48.1 Å². The van der Waals surface area contributed by atoms with Crippen LogP contribution in [0, 0.1) is 0 Å². The van der Waals surface area contributed by atoms with E-state index in [1.165, 1.54) is 6.20 Å². The third kappa shape index (κ3) is 2.89. The van der Waals surface area contributed by atoms with Crippen molar-refractivity contribution in [2.24, 2.45) is 0 Å². The van der Waals surface area contributed by atoms with Crippen LogP contribution < -0.4 is 5.32 Å². The van der Waals surface area contributed by atoms with Crippen LogP contribution in [0.1, 0.15) is 19.8 Å². The van der Waals surface area contributed by atoms with Gasteiger partial charge >= 0.3 is 5.97 Å². The lowest BCUT2D eigenvalue weighted by molar-refractivity contribution is -0.145. The first-order valence-electron chi connectivity index (χ1n) is 6.43. The van der Waals surface area contributed by atoms with Crippen LogP contribution in [0.4, 0.5) is 0 Å². The third-order valence-electron chi connectivity index (χ3n) is 3.07. The molecule has 1 aliphatic heterocycles. The molecule has 1 radical (unpaired) electrons. The third-order valence-corrected chi connectivity index (χ3v) is 4.05. The Balaban J connectivity index is 2.18. The summed E-state index contributed by atoms with van der Waals surface area (Å²) in [6.45, 7) is 2.28. The van der Waals surface area contributed by atoms with E-state index in [-0.39, 0.29) is 21.0 Å². The van der Waals surface area contributed by atoms with E-state index in [1.54, 1.807) is 12.2 Å². The summed E-state index contributed by atoms with van der Waals surface area (Å²) in [6, 6.07) is -1.12. The molecule has 1 heterocycles. The number of allylic oxidation sites excluding steroid dienone is 4. The molecule has 5 nitrogen and oxygen atoms in total. The Morgan fingerprint density at radius 3 is 3.00 bits per heavy atom. The van der Waals surface area contributed by atoms with Crippen molar-refractivity contribution < 1.29 is 19.4 Å². The van der Waals surface area contributed by atoms with Crippen molar-refractivity contribution in [3.63, 3.8) is 0 Å². The molecule has 0 saturated carbocycles. The molecule has 1 aliphatic carbocycles. The Morgan fingerprint density at radius 2 is 2.30 bits per heavy atom. The monoisotopic (exact) mass is 388 g/mol. The van der Waals surface area contributed by atoms with Crippen molar-refractivity contribution in [1.82, 2.24) is 5.32 Å². The molecule has 0 amide bonds. The van der Waals surface area contributed by atoms with Gasteiger partial charge in [0.25, 0.3) is 0 Å². The highest BCUT2D eigenvalue weighted by atomic mass is 127. The molecule has 2 rings (SSSR count). The van der Waals surface area contributed by atoms with Crippen LogP contribution in [-0.2, 0) is 14.3 Å². The topological polar surface area (TPSA) is 77.7 Å². The Morgan fingerprint density at radius 1 is 1.55 bits per heavy atom. The van der Waals surface area contributed by atoms with Gasteiger partial charge in [-0.3, -0.25) is 10.1 Å². The first-order valence-corrected chi connectivity index (χ1v) is 7.67. The average Bonchev–Trinajstić information content (AvgIpc) is 2.43. The van der Waals surface area contributed by atoms with E-state index in [0.717, 1.165) is 12.8 Å². The zero-order chi connectivity index (χ0) is 14.7. The number of nitrogens with zero attached hydrogens (tertiary/aromatic N) is 1. The van der Waals surface area contributed by atoms with E-state index in [2.05, 4.69) is 5.32 Å². The van der Waals surface area contributed by atoms with Crippen LogP contribution in [0.2, 0.25) is 0 Å². The fourth-order valence-corrected chi connectivity index (χ4v) is 2.47. The molecule has 0 aromatic carbocycles. The minimum atomic E-state index is -1.12. The molecule has 107 valence electrons. The standard InChI is InChI=1S/C14H15INO4/c1-2-3-6-20-14(19)11-13(18)10-8(7-16-11)4-5-9(15)12(10)17/h4-5,7,9,11,18H,2-3,6H2,1H3. The number of fused-ring (bicyclic) bond motifs is 1. The molecule has 0 fully saturated rings. The Hall–Kier alpha value is -1.31. The highest BCUT2D eigenvalue weighted by Crippen LogP contribution is 2.30. The number of ether oxygens (including phenoxy) is 1. The van der Waals surface area contributed by atoms with Crippen LogP contribution >= 0.6 is 22.6 Å². The van der Waals surface area contributed by atoms with Crippen LogP contribution in [0.3, 0.4) is 0 Å². The van der Waals surface area contributed by atoms with E-state index in [4.69, 9.17) is 4.74 Å². The van der Waals surface area contributed by atoms with E-state index in [0.29, 0.717) is 12.2 Å². The lowest BCUT2D eigenvalue weighted by Crippen LogP contribution is -2.38. The molecule has 0 bridgehead atoms. The Kier molecular flexibility index (Phi) is 4.85. The lowest BCUT2D eigenvalue weighted by atomic mass is 9.89. The first-order chi connectivity index (χ1) is 9.56. The molecule has 6 heteroatoms. The summed E-state index contributed by atoms with van der Waals surface area (Å²) < 4.78 is 4.71. The van der Waals surface area contributed by atoms with Crippen LogP contribution in [0.15, 0.2) is 35.3 Å². The van der Waals surface area contributed by atoms with E-state index in [1.807, 2.05) is 29.5 Å². The molecule has 2 unspecified atom stereocenters. The second-order valence-corrected chi connectivity index (χ2v) is 5.88. The molecule has 0 aromatic rings. The van der Waals surface area contributed by atoms with Crippen molar-refractivity contribution in [2.75, 3.05) is 6.61 Å². The normalized spacial score (nSPS) is 24.9. The number of aliphatic hydroxyl groups is 1. The second-order valence-electron chi connectivity index (χ2n) is 4.54. The number of esters is 1. The van der Waals surface area contributed by atoms with E-state index in [9.17, 15) is 14.7 Å². The second kappa shape index (κ2) is 6.43. The maximum atomic E-state index is 12.1. The number of rotatable bonds is 4. The summed E-state index contributed by atoms with van der Waals surface area (Å²) in [5.41, 5.74) is 0.720. The van der Waals surface area contributed by atoms with Crippen molar-refractivity contribution in [1.29, 1.82) is 0 Å². The molecule has 0 saturated heterocycles. The fraction of sp³-hybridized carbons (Fsp3) is 0.429. The largest absolute Gasteiger partial charge is 0.509 e. The summed E-state index contributed by atoms with van der Waals surface area (Å²) in [6.07, 6.45) is 6.57. The van der Waals surface area contributed by atoms with Gasteiger partial charge < -0.3 is 9.84 Å². The number of Topliss-reactive ketones (excluding diaryl/α,β-unsaturated/α-hetero) is 1. The van der Waals surface area contributed by atoms with Gasteiger partial charge in [0.2, 0.25) is 6.04 Å². The molecule has 0 aromatic heterocycles. The SMILES string of the molecule is CCCCOC(=O)C1[N]C=C2C=CC(I)C(=O)C2=C1O. The summed E-state index contributed by atoms with van der Waals surface area (Å²) in [5, 5.41) is 14.1. The summed E-state index contributed by atoms with van der Waals surface area (Å²) in [5.74, 6) is -1.13. The van der Waals surface area contributed by atoms with Crippen molar-refractivity contribution in [2.45, 2.75) is 29.7 Å². The van der Waals surface area contributed by atoms with Gasteiger partial charge in [0.1, 0.15) is 5.76 Å². The lowest BCUT2D eigenvalue weighted by Gasteiger charge is -2.25. The maximum Gasteiger partial charge on any atom is 0.338 e. The maximum absolute atomic E-state index is 12.1. The van der Waals surface area contributed by atoms with Gasteiger partial charge in [-0.25, -0.2) is 4.79 Å². The summed E-state index contributed by atoms with van der Waals surface area (Å²) in [7, 11) is 0. The number of ketones is 1. The van der Waals surface area contributed by atoms with Gasteiger partial charge in [0, 0.05) is 11.8 Å². The molecule has 1 N–H and O–H groups in total. The van der Waals surface area contributed by atoms with Gasteiger partial charge in [0.15, 0.2) is 5.78 Å². The number of aliphatic hydroxyl groups excluding tert-OH is 1. The van der Waals surface area contributed by atoms with Crippen molar-refractivity contribution in [3.05, 3.63) is 35.3 Å². The smallest absolute Gasteiger partial charge is 0.338 e. The molecular weight excluding hydrogens is 373 g/mol. The summed E-state index contributed by atoms with van der Waals surface area (Å²) >= 11 is 1.98. The number of hydrogen-bond donors (Lipinski definition) is 1. The predicted molar refractivity (Wildman–Crippen MR) is 81.5 cm³/mol. The highest BCUT2D eigenvalue weighted by Gasteiger charge is 2.37. The van der Waals surface area contributed by atoms with Gasteiger partial charge in [-0.2, -0.15) is 0 Å². The zero-order valence-electron chi connectivity index (χ0n) is 11.0. The first kappa shape index (κ1) is 15.1. The minimum absolute atomic E-state index is 0.180. The number of alkyl halides is 1. The van der Waals surface area contributed by atoms with Crippen molar-refractivity contribution >= 4 is 34.3 Å². The fourth-order valence-electron chi connectivity index (χ4n) is 1.95. The molecule has 0 spiro atoms. The number of carbonyl (C=O) groups is 2. The Labute approximate surface area is 130 Å². The Bertz CT molecular complexity index is 521. The van der Waals surface area contributed by atoms with Gasteiger partial charge in [0.05, 0.1) is 16.1 Å². The van der Waals surface area contributed by atoms with Gasteiger partial charge in [-0.05, 0) is 6.42 Å². The molecule has 2 aliphatic rings. The summed E-state index contributed by atoms with van der Waals surface area (Å²) in [4.78, 5) is 24.0. The van der Waals surface area contributed by atoms with E-state index >= 15 is 0 Å².